The fraction of sp³-hybridized carbons (Fsp3) is 0.474. The van der Waals surface area contributed by atoms with E-state index in [2.05, 4.69) is 10.4 Å². The summed E-state index contributed by atoms with van der Waals surface area (Å²) in [6.07, 6.45) is 7.19. The van der Waals surface area contributed by atoms with E-state index in [0.717, 1.165) is 37.8 Å². The molecule has 1 saturated carbocycles. The Kier molecular flexibility index (Phi) is 5.81. The molecule has 0 saturated heterocycles. The molecule has 0 radical (unpaired) electrons. The Morgan fingerprint density at radius 2 is 1.96 bits per heavy atom. The van der Waals surface area contributed by atoms with Crippen LogP contribution in [0.5, 0.6) is 0 Å². The highest BCUT2D eigenvalue weighted by Gasteiger charge is 2.24. The predicted molar refractivity (Wildman–Crippen MR) is 92.8 cm³/mol. The number of halogens is 1. The second kappa shape index (κ2) is 8.25. The van der Waals surface area contributed by atoms with E-state index < -0.39 is 0 Å². The smallest absolute Gasteiger partial charge is 0.226 e. The Morgan fingerprint density at radius 1 is 1.20 bits per heavy atom. The molecule has 1 aliphatic carbocycles. The van der Waals surface area contributed by atoms with Crippen LogP contribution in [0, 0.1) is 11.7 Å². The number of nitrogens with one attached hydrogen (secondary N) is 1. The third-order valence-corrected chi connectivity index (χ3v) is 4.82. The van der Waals surface area contributed by atoms with Gasteiger partial charge in [-0.2, -0.15) is 5.10 Å². The molecule has 1 aromatic carbocycles. The van der Waals surface area contributed by atoms with Gasteiger partial charge in [0.25, 0.3) is 0 Å². The Bertz CT molecular complexity index is 699. The number of aliphatic hydroxyl groups is 1. The van der Waals surface area contributed by atoms with Gasteiger partial charge >= 0.3 is 0 Å². The summed E-state index contributed by atoms with van der Waals surface area (Å²) in [4.78, 5) is 12.4. The minimum atomic E-state index is -0.294. The average Bonchev–Trinajstić information content (AvgIpc) is 2.94. The minimum absolute atomic E-state index is 0.0409. The van der Waals surface area contributed by atoms with E-state index in [1.54, 1.807) is 29.1 Å². The highest BCUT2D eigenvalue weighted by molar-refractivity contribution is 5.78. The summed E-state index contributed by atoms with van der Waals surface area (Å²) in [5, 5.41) is 17.0. The summed E-state index contributed by atoms with van der Waals surface area (Å²) in [6, 6.07) is 7.88. The summed E-state index contributed by atoms with van der Waals surface area (Å²) in [6.45, 7) is 0.115. The minimum Gasteiger partial charge on any atom is -0.396 e. The molecule has 0 bridgehead atoms. The van der Waals surface area contributed by atoms with Crippen molar-refractivity contribution >= 4 is 5.91 Å². The first-order chi connectivity index (χ1) is 12.2. The van der Waals surface area contributed by atoms with Crippen LogP contribution >= 0.6 is 0 Å². The lowest BCUT2D eigenvalue weighted by Crippen LogP contribution is -2.41. The van der Waals surface area contributed by atoms with Gasteiger partial charge in [-0.3, -0.25) is 4.79 Å². The molecule has 3 rings (SSSR count). The highest BCUT2D eigenvalue weighted by Crippen LogP contribution is 2.23. The molecular formula is C19H24FN3O2. The van der Waals surface area contributed by atoms with Crippen molar-refractivity contribution in [2.24, 2.45) is 5.92 Å². The Morgan fingerprint density at radius 3 is 2.72 bits per heavy atom. The lowest BCUT2D eigenvalue weighted by molar-refractivity contribution is -0.121. The third kappa shape index (κ3) is 4.66. The van der Waals surface area contributed by atoms with Crippen LogP contribution in [-0.2, 0) is 11.2 Å². The van der Waals surface area contributed by atoms with E-state index >= 15 is 0 Å². The second-order valence-electron chi connectivity index (χ2n) is 6.66. The van der Waals surface area contributed by atoms with Gasteiger partial charge in [0.05, 0.1) is 17.8 Å². The molecule has 2 atom stereocenters. The number of rotatable bonds is 5. The van der Waals surface area contributed by atoms with Gasteiger partial charge in [0.2, 0.25) is 5.91 Å². The molecular weight excluding hydrogens is 321 g/mol. The Balaban J connectivity index is 1.60. The molecule has 25 heavy (non-hydrogen) atoms. The second-order valence-corrected chi connectivity index (χ2v) is 6.66. The van der Waals surface area contributed by atoms with E-state index in [-0.39, 0.29) is 36.7 Å². The number of amides is 1. The van der Waals surface area contributed by atoms with Crippen LogP contribution < -0.4 is 5.32 Å². The predicted octanol–water partition coefficient (Wildman–Crippen LogP) is 2.61. The molecule has 1 fully saturated rings. The van der Waals surface area contributed by atoms with Crippen LogP contribution in [0.4, 0.5) is 4.39 Å². The quantitative estimate of drug-likeness (QED) is 0.819. The fourth-order valence-electron chi connectivity index (χ4n) is 3.41. The first-order valence-corrected chi connectivity index (χ1v) is 8.86. The van der Waals surface area contributed by atoms with E-state index in [1.165, 1.54) is 12.1 Å². The van der Waals surface area contributed by atoms with Crippen LogP contribution in [0.15, 0.2) is 36.5 Å². The van der Waals surface area contributed by atoms with E-state index in [1.807, 2.05) is 0 Å². The number of benzene rings is 1. The van der Waals surface area contributed by atoms with Crippen molar-refractivity contribution in [1.29, 1.82) is 0 Å². The zero-order chi connectivity index (χ0) is 17.6. The molecule has 2 aromatic rings. The standard InChI is InChI=1S/C19H24FN3O2/c20-15-6-8-17(9-7-15)23-11-10-16(22-23)12-19(25)21-18-5-3-1-2-4-14(18)13-24/h6-11,14,18,24H,1-5,12-13H2,(H,21,25). The third-order valence-electron chi connectivity index (χ3n) is 4.82. The number of nitrogens with zero attached hydrogens (tertiary/aromatic N) is 2. The average molecular weight is 345 g/mol. The SMILES string of the molecule is O=C(Cc1ccn(-c2ccc(F)cc2)n1)NC1CCCCCC1CO. The lowest BCUT2D eigenvalue weighted by atomic mass is 9.95. The van der Waals surface area contributed by atoms with Crippen molar-refractivity contribution in [3.8, 4) is 5.69 Å². The van der Waals surface area contributed by atoms with E-state index in [4.69, 9.17) is 0 Å². The number of hydrogen-bond donors (Lipinski definition) is 2. The highest BCUT2D eigenvalue weighted by atomic mass is 19.1. The van der Waals surface area contributed by atoms with Crippen LogP contribution in [0.25, 0.3) is 5.69 Å². The Labute approximate surface area is 146 Å². The largest absolute Gasteiger partial charge is 0.396 e. The normalized spacial score (nSPS) is 20.9. The summed E-state index contributed by atoms with van der Waals surface area (Å²) in [5.74, 6) is -0.227. The molecule has 0 aliphatic heterocycles. The summed E-state index contributed by atoms with van der Waals surface area (Å²) in [5.41, 5.74) is 1.41. The van der Waals surface area contributed by atoms with Gasteiger partial charge < -0.3 is 10.4 Å². The number of carbonyl (C=O) groups excluding carboxylic acids is 1. The van der Waals surface area contributed by atoms with Crippen molar-refractivity contribution in [3.05, 3.63) is 48.0 Å². The van der Waals surface area contributed by atoms with E-state index in [0.29, 0.717) is 5.69 Å². The number of carbonyl (C=O) groups is 1. The zero-order valence-electron chi connectivity index (χ0n) is 14.2. The van der Waals surface area contributed by atoms with Gasteiger partial charge in [-0.1, -0.05) is 19.3 Å². The summed E-state index contributed by atoms with van der Waals surface area (Å²) >= 11 is 0. The molecule has 1 heterocycles. The van der Waals surface area contributed by atoms with Crippen molar-refractivity contribution in [2.75, 3.05) is 6.61 Å². The summed E-state index contributed by atoms with van der Waals surface area (Å²) < 4.78 is 14.6. The zero-order valence-corrected chi connectivity index (χ0v) is 14.2. The molecule has 1 amide bonds. The van der Waals surface area contributed by atoms with Gasteiger partial charge in [-0.05, 0) is 43.2 Å². The van der Waals surface area contributed by atoms with Crippen molar-refractivity contribution in [1.82, 2.24) is 15.1 Å². The van der Waals surface area contributed by atoms with E-state index in [9.17, 15) is 14.3 Å². The van der Waals surface area contributed by atoms with Crippen LogP contribution in [-0.4, -0.2) is 33.4 Å². The topological polar surface area (TPSA) is 67.2 Å². The molecule has 6 heteroatoms. The van der Waals surface area contributed by atoms with Crippen LogP contribution in [0.1, 0.15) is 37.8 Å². The number of aliphatic hydroxyl groups excluding tert-OH is 1. The van der Waals surface area contributed by atoms with Gasteiger partial charge in [0.15, 0.2) is 0 Å². The van der Waals surface area contributed by atoms with Crippen LogP contribution in [0.2, 0.25) is 0 Å². The molecule has 1 aliphatic rings. The first kappa shape index (κ1) is 17.6. The fourth-order valence-corrected chi connectivity index (χ4v) is 3.41. The van der Waals surface area contributed by atoms with Crippen LogP contribution in [0.3, 0.4) is 0 Å². The van der Waals surface area contributed by atoms with Crippen molar-refractivity contribution in [2.45, 2.75) is 44.6 Å². The summed E-state index contributed by atoms with van der Waals surface area (Å²) in [7, 11) is 0. The maximum absolute atomic E-state index is 13.0. The Hall–Kier alpha value is -2.21. The molecule has 0 spiro atoms. The van der Waals surface area contributed by atoms with Gasteiger partial charge in [0.1, 0.15) is 5.82 Å². The van der Waals surface area contributed by atoms with Gasteiger partial charge in [-0.15, -0.1) is 0 Å². The maximum atomic E-state index is 13.0. The molecule has 134 valence electrons. The molecule has 2 N–H and O–H groups in total. The number of hydrogen-bond acceptors (Lipinski definition) is 3. The van der Waals surface area contributed by atoms with Gasteiger partial charge in [0, 0.05) is 24.8 Å². The molecule has 1 aromatic heterocycles. The lowest BCUT2D eigenvalue weighted by Gasteiger charge is -2.24. The van der Waals surface area contributed by atoms with Crippen molar-refractivity contribution in [3.63, 3.8) is 0 Å². The monoisotopic (exact) mass is 345 g/mol. The van der Waals surface area contributed by atoms with Crippen molar-refractivity contribution < 1.29 is 14.3 Å². The number of aromatic nitrogens is 2. The molecule has 2 unspecified atom stereocenters. The molecule has 5 nitrogen and oxygen atoms in total. The van der Waals surface area contributed by atoms with Gasteiger partial charge in [-0.25, -0.2) is 9.07 Å². The first-order valence-electron chi connectivity index (χ1n) is 8.86. The maximum Gasteiger partial charge on any atom is 0.226 e.